The molecule has 0 saturated carbocycles. The Balaban J connectivity index is 2.29. The molecule has 0 aliphatic carbocycles. The van der Waals surface area contributed by atoms with E-state index in [1.54, 1.807) is 18.1 Å². The SMILES string of the molecule is COCCN(C)CCN1CC(NC(=O)CC#N)CC1=O. The minimum atomic E-state index is -0.315. The highest BCUT2D eigenvalue weighted by Gasteiger charge is 2.30. The molecule has 1 aliphatic rings. The summed E-state index contributed by atoms with van der Waals surface area (Å²) in [5.74, 6) is -0.267. The van der Waals surface area contributed by atoms with Crippen molar-refractivity contribution >= 4 is 11.8 Å². The Labute approximate surface area is 119 Å². The third-order valence-electron chi connectivity index (χ3n) is 3.25. The Bertz CT molecular complexity index is 380. The number of likely N-dealkylation sites (tertiary alicyclic amines) is 1. The van der Waals surface area contributed by atoms with Gasteiger partial charge in [0.2, 0.25) is 11.8 Å². The van der Waals surface area contributed by atoms with E-state index in [9.17, 15) is 9.59 Å². The van der Waals surface area contributed by atoms with Crippen molar-refractivity contribution in [1.29, 1.82) is 5.26 Å². The van der Waals surface area contributed by atoms with Crippen molar-refractivity contribution in [3.05, 3.63) is 0 Å². The third-order valence-corrected chi connectivity index (χ3v) is 3.25. The van der Waals surface area contributed by atoms with Gasteiger partial charge in [-0.25, -0.2) is 0 Å². The van der Waals surface area contributed by atoms with E-state index in [4.69, 9.17) is 10.00 Å². The Morgan fingerprint density at radius 1 is 1.60 bits per heavy atom. The lowest BCUT2D eigenvalue weighted by Crippen LogP contribution is -2.39. The molecular weight excluding hydrogens is 260 g/mol. The highest BCUT2D eigenvalue weighted by Crippen LogP contribution is 2.10. The monoisotopic (exact) mass is 282 g/mol. The van der Waals surface area contributed by atoms with Crippen molar-refractivity contribution in [2.75, 3.05) is 46.9 Å². The van der Waals surface area contributed by atoms with Crippen LogP contribution < -0.4 is 5.32 Å². The van der Waals surface area contributed by atoms with E-state index < -0.39 is 0 Å². The van der Waals surface area contributed by atoms with Crippen molar-refractivity contribution in [2.24, 2.45) is 0 Å². The summed E-state index contributed by atoms with van der Waals surface area (Å²) in [5.41, 5.74) is 0. The number of hydrogen-bond donors (Lipinski definition) is 1. The van der Waals surface area contributed by atoms with Crippen LogP contribution in [0.3, 0.4) is 0 Å². The predicted molar refractivity (Wildman–Crippen MR) is 72.7 cm³/mol. The van der Waals surface area contributed by atoms with Crippen molar-refractivity contribution in [2.45, 2.75) is 18.9 Å². The van der Waals surface area contributed by atoms with Gasteiger partial charge in [-0.3, -0.25) is 9.59 Å². The molecule has 7 nitrogen and oxygen atoms in total. The molecule has 1 aliphatic heterocycles. The van der Waals surface area contributed by atoms with Gasteiger partial charge in [-0.15, -0.1) is 0 Å². The molecule has 2 amide bonds. The van der Waals surface area contributed by atoms with E-state index in [0.717, 1.165) is 13.1 Å². The molecule has 0 bridgehead atoms. The van der Waals surface area contributed by atoms with Crippen molar-refractivity contribution in [3.8, 4) is 6.07 Å². The molecule has 1 atom stereocenters. The number of carbonyl (C=O) groups is 2. The molecular formula is C13H22N4O3. The quantitative estimate of drug-likeness (QED) is 0.629. The maximum Gasteiger partial charge on any atom is 0.234 e. The van der Waals surface area contributed by atoms with Gasteiger partial charge in [0.1, 0.15) is 6.42 Å². The number of hydrogen-bond acceptors (Lipinski definition) is 5. The molecule has 0 aromatic rings. The highest BCUT2D eigenvalue weighted by atomic mass is 16.5. The molecule has 1 rings (SSSR count). The average Bonchev–Trinajstić information content (AvgIpc) is 2.74. The average molecular weight is 282 g/mol. The fourth-order valence-electron chi connectivity index (χ4n) is 2.09. The number of nitrogens with zero attached hydrogens (tertiary/aromatic N) is 3. The molecule has 0 radical (unpaired) electrons. The van der Waals surface area contributed by atoms with Gasteiger partial charge >= 0.3 is 0 Å². The minimum absolute atomic E-state index is 0.0485. The van der Waals surface area contributed by atoms with Crippen molar-refractivity contribution in [3.63, 3.8) is 0 Å². The van der Waals surface area contributed by atoms with E-state index in [-0.39, 0.29) is 24.3 Å². The van der Waals surface area contributed by atoms with Crippen LogP contribution in [0.25, 0.3) is 0 Å². The summed E-state index contributed by atoms with van der Waals surface area (Å²) >= 11 is 0. The van der Waals surface area contributed by atoms with Crippen molar-refractivity contribution < 1.29 is 14.3 Å². The van der Waals surface area contributed by atoms with Crippen LogP contribution in [0.2, 0.25) is 0 Å². The number of rotatable bonds is 8. The molecule has 0 spiro atoms. The Morgan fingerprint density at radius 3 is 3.00 bits per heavy atom. The molecule has 20 heavy (non-hydrogen) atoms. The largest absolute Gasteiger partial charge is 0.383 e. The van der Waals surface area contributed by atoms with E-state index in [1.165, 1.54) is 0 Å². The van der Waals surface area contributed by atoms with Crippen LogP contribution in [-0.4, -0.2) is 74.6 Å². The Hall–Kier alpha value is -1.65. The standard InChI is InChI=1S/C13H22N4O3/c1-16(7-8-20-2)5-6-17-10-11(9-13(17)19)15-12(18)3-4-14/h11H,3,5-10H2,1-2H3,(H,15,18). The lowest BCUT2D eigenvalue weighted by Gasteiger charge is -2.21. The molecule has 1 saturated heterocycles. The van der Waals surface area contributed by atoms with E-state index in [1.807, 2.05) is 7.05 Å². The summed E-state index contributed by atoms with van der Waals surface area (Å²) in [4.78, 5) is 27.0. The molecule has 0 aromatic carbocycles. The fraction of sp³-hybridized carbons (Fsp3) is 0.769. The number of methoxy groups -OCH3 is 1. The van der Waals surface area contributed by atoms with Crippen LogP contribution in [0.15, 0.2) is 0 Å². The van der Waals surface area contributed by atoms with Crippen LogP contribution in [0, 0.1) is 11.3 Å². The maximum absolute atomic E-state index is 11.8. The lowest BCUT2D eigenvalue weighted by molar-refractivity contribution is -0.127. The molecule has 1 unspecified atom stereocenters. The van der Waals surface area contributed by atoms with Gasteiger partial charge < -0.3 is 19.9 Å². The number of nitrogens with one attached hydrogen (secondary N) is 1. The van der Waals surface area contributed by atoms with Crippen LogP contribution in [0.1, 0.15) is 12.8 Å². The Kier molecular flexibility index (Phi) is 6.98. The summed E-state index contributed by atoms with van der Waals surface area (Å²) in [7, 11) is 3.64. The summed E-state index contributed by atoms with van der Waals surface area (Å²) in [5, 5.41) is 11.1. The number of ether oxygens (including phenoxy) is 1. The number of amides is 2. The first-order valence-corrected chi connectivity index (χ1v) is 6.68. The zero-order chi connectivity index (χ0) is 15.0. The second-order valence-electron chi connectivity index (χ2n) is 4.94. The summed E-state index contributed by atoms with van der Waals surface area (Å²) < 4.78 is 4.99. The van der Waals surface area contributed by atoms with Crippen molar-refractivity contribution in [1.82, 2.24) is 15.1 Å². The predicted octanol–water partition coefficient (Wildman–Crippen LogP) is -0.805. The topological polar surface area (TPSA) is 85.7 Å². The van der Waals surface area contributed by atoms with Gasteiger partial charge in [-0.2, -0.15) is 5.26 Å². The summed E-state index contributed by atoms with van der Waals surface area (Å²) in [6.07, 6.45) is 0.156. The molecule has 0 aromatic heterocycles. The fourth-order valence-corrected chi connectivity index (χ4v) is 2.09. The maximum atomic E-state index is 11.8. The van der Waals surface area contributed by atoms with Crippen LogP contribution >= 0.6 is 0 Å². The number of carbonyl (C=O) groups excluding carboxylic acids is 2. The normalized spacial score (nSPS) is 18.4. The zero-order valence-corrected chi connectivity index (χ0v) is 12.1. The van der Waals surface area contributed by atoms with Crippen LogP contribution in [-0.2, 0) is 14.3 Å². The number of likely N-dealkylation sites (N-methyl/N-ethyl adjacent to an activating group) is 1. The second kappa shape index (κ2) is 8.51. The first-order valence-electron chi connectivity index (χ1n) is 6.68. The third kappa shape index (κ3) is 5.55. The number of nitriles is 1. The van der Waals surface area contributed by atoms with Gasteiger partial charge in [0, 0.05) is 39.7 Å². The molecule has 1 fully saturated rings. The Morgan fingerprint density at radius 2 is 2.35 bits per heavy atom. The molecule has 112 valence electrons. The smallest absolute Gasteiger partial charge is 0.234 e. The first kappa shape index (κ1) is 16.4. The van der Waals surface area contributed by atoms with Gasteiger partial charge in [-0.05, 0) is 7.05 Å². The lowest BCUT2D eigenvalue weighted by atomic mass is 10.2. The first-order chi connectivity index (χ1) is 9.56. The molecule has 1 N–H and O–H groups in total. The van der Waals surface area contributed by atoms with Gasteiger partial charge in [0.25, 0.3) is 0 Å². The van der Waals surface area contributed by atoms with Gasteiger partial charge in [0.15, 0.2) is 0 Å². The highest BCUT2D eigenvalue weighted by molar-refractivity contribution is 5.82. The summed E-state index contributed by atoms with van der Waals surface area (Å²) in [6, 6.07) is 1.62. The second-order valence-corrected chi connectivity index (χ2v) is 4.94. The van der Waals surface area contributed by atoms with Gasteiger partial charge in [0.05, 0.1) is 18.7 Å². The zero-order valence-electron chi connectivity index (χ0n) is 12.1. The van der Waals surface area contributed by atoms with Crippen LogP contribution in [0.4, 0.5) is 0 Å². The minimum Gasteiger partial charge on any atom is -0.383 e. The van der Waals surface area contributed by atoms with Crippen LogP contribution in [0.5, 0.6) is 0 Å². The van der Waals surface area contributed by atoms with E-state index >= 15 is 0 Å². The van der Waals surface area contributed by atoms with E-state index in [2.05, 4.69) is 10.2 Å². The van der Waals surface area contributed by atoms with Gasteiger partial charge in [-0.1, -0.05) is 0 Å². The molecule has 1 heterocycles. The van der Waals surface area contributed by atoms with E-state index in [0.29, 0.717) is 26.1 Å². The summed E-state index contributed by atoms with van der Waals surface area (Å²) in [6.45, 7) is 3.42. The molecule has 7 heteroatoms.